The number of amides is 1. The summed E-state index contributed by atoms with van der Waals surface area (Å²) in [6.45, 7) is 2.71. The zero-order valence-corrected chi connectivity index (χ0v) is 12.0. The van der Waals surface area contributed by atoms with Gasteiger partial charge < -0.3 is 11.1 Å². The van der Waals surface area contributed by atoms with Crippen LogP contribution in [0.4, 0.5) is 11.4 Å². The van der Waals surface area contributed by atoms with Crippen molar-refractivity contribution in [2.75, 3.05) is 11.1 Å². The van der Waals surface area contributed by atoms with Gasteiger partial charge in [0, 0.05) is 24.2 Å². The zero-order chi connectivity index (χ0) is 14.5. The van der Waals surface area contributed by atoms with Crippen LogP contribution in [-0.4, -0.2) is 15.7 Å². The molecule has 0 fully saturated rings. The lowest BCUT2D eigenvalue weighted by Crippen LogP contribution is -2.13. The van der Waals surface area contributed by atoms with Gasteiger partial charge in [0.05, 0.1) is 17.6 Å². The molecule has 3 N–H and O–H groups in total. The molecule has 0 bridgehead atoms. The van der Waals surface area contributed by atoms with Crippen molar-refractivity contribution in [1.82, 2.24) is 9.78 Å². The first-order chi connectivity index (χ1) is 9.54. The highest BCUT2D eigenvalue weighted by Crippen LogP contribution is 2.22. The fourth-order valence-corrected chi connectivity index (χ4v) is 2.03. The van der Waals surface area contributed by atoms with E-state index in [-0.39, 0.29) is 5.91 Å². The van der Waals surface area contributed by atoms with Crippen molar-refractivity contribution in [3.05, 3.63) is 41.2 Å². The normalized spacial score (nSPS) is 10.5. The van der Waals surface area contributed by atoms with E-state index in [1.807, 2.05) is 17.8 Å². The molecule has 0 atom stereocenters. The number of hydrogen-bond acceptors (Lipinski definition) is 3. The van der Waals surface area contributed by atoms with Gasteiger partial charge in [0.25, 0.3) is 0 Å². The quantitative estimate of drug-likeness (QED) is 0.832. The number of nitrogens with two attached hydrogens (primary N) is 1. The van der Waals surface area contributed by atoms with Crippen molar-refractivity contribution in [3.8, 4) is 0 Å². The van der Waals surface area contributed by atoms with E-state index < -0.39 is 0 Å². The van der Waals surface area contributed by atoms with E-state index in [9.17, 15) is 4.79 Å². The summed E-state index contributed by atoms with van der Waals surface area (Å²) >= 11 is 5.80. The molecule has 1 aromatic carbocycles. The van der Waals surface area contributed by atoms with Crippen molar-refractivity contribution in [1.29, 1.82) is 0 Å². The zero-order valence-electron chi connectivity index (χ0n) is 11.3. The van der Waals surface area contributed by atoms with Crippen LogP contribution in [0.1, 0.15) is 18.4 Å². The van der Waals surface area contributed by atoms with Crippen molar-refractivity contribution >= 4 is 28.9 Å². The van der Waals surface area contributed by atoms with E-state index in [1.54, 1.807) is 24.4 Å². The third-order valence-corrected chi connectivity index (χ3v) is 3.08. The number of aromatic nitrogens is 2. The molecule has 0 saturated heterocycles. The van der Waals surface area contributed by atoms with Crippen LogP contribution in [0, 0.1) is 6.92 Å². The van der Waals surface area contributed by atoms with Gasteiger partial charge in [0.15, 0.2) is 0 Å². The van der Waals surface area contributed by atoms with Crippen LogP contribution < -0.4 is 11.1 Å². The number of benzene rings is 1. The van der Waals surface area contributed by atoms with Crippen LogP contribution in [0.2, 0.25) is 5.02 Å². The van der Waals surface area contributed by atoms with Gasteiger partial charge in [-0.25, -0.2) is 0 Å². The molecule has 1 aromatic heterocycles. The molecule has 20 heavy (non-hydrogen) atoms. The second-order valence-electron chi connectivity index (χ2n) is 4.66. The third-order valence-electron chi connectivity index (χ3n) is 2.84. The maximum Gasteiger partial charge on any atom is 0.224 e. The van der Waals surface area contributed by atoms with Gasteiger partial charge >= 0.3 is 0 Å². The lowest BCUT2D eigenvalue weighted by molar-refractivity contribution is -0.116. The third kappa shape index (κ3) is 3.99. The molecule has 0 aliphatic carbocycles. The molecule has 0 radical (unpaired) electrons. The first kappa shape index (κ1) is 14.4. The van der Waals surface area contributed by atoms with Crippen molar-refractivity contribution in [3.63, 3.8) is 0 Å². The van der Waals surface area contributed by atoms with Gasteiger partial charge in [-0.2, -0.15) is 5.10 Å². The largest absolute Gasteiger partial charge is 0.397 e. The van der Waals surface area contributed by atoms with Crippen LogP contribution >= 0.6 is 11.6 Å². The van der Waals surface area contributed by atoms with E-state index in [4.69, 9.17) is 17.3 Å². The number of halogens is 1. The fraction of sp³-hybridized carbons (Fsp3) is 0.286. The Morgan fingerprint density at radius 3 is 2.95 bits per heavy atom. The standard InChI is InChI=1S/C14H17ClN4O/c1-10-8-17-19(9-10)6-2-3-14(20)18-13-5-4-11(15)7-12(13)16/h4-5,7-9H,2-3,6,16H2,1H3,(H,18,20). The van der Waals surface area contributed by atoms with Crippen LogP contribution in [0.25, 0.3) is 0 Å². The molecule has 1 heterocycles. The number of anilines is 2. The van der Waals surface area contributed by atoms with Gasteiger partial charge in [-0.05, 0) is 37.1 Å². The first-order valence-electron chi connectivity index (χ1n) is 6.38. The molecule has 1 amide bonds. The molecule has 0 aliphatic rings. The van der Waals surface area contributed by atoms with E-state index in [1.165, 1.54) is 0 Å². The molecule has 0 aliphatic heterocycles. The molecule has 106 valence electrons. The van der Waals surface area contributed by atoms with E-state index in [0.29, 0.717) is 22.8 Å². The second-order valence-corrected chi connectivity index (χ2v) is 5.10. The first-order valence-corrected chi connectivity index (χ1v) is 6.76. The monoisotopic (exact) mass is 292 g/mol. The SMILES string of the molecule is Cc1cnn(CCCC(=O)Nc2ccc(Cl)cc2N)c1. The molecule has 6 heteroatoms. The number of nitrogen functional groups attached to an aromatic ring is 1. The summed E-state index contributed by atoms with van der Waals surface area (Å²) in [5.74, 6) is -0.0668. The number of rotatable bonds is 5. The van der Waals surface area contributed by atoms with Crippen LogP contribution in [0.15, 0.2) is 30.6 Å². The molecule has 0 saturated carbocycles. The molecular formula is C14H17ClN4O. The maximum atomic E-state index is 11.8. The second kappa shape index (κ2) is 6.43. The van der Waals surface area contributed by atoms with Crippen molar-refractivity contribution in [2.24, 2.45) is 0 Å². The number of nitrogens with zero attached hydrogens (tertiary/aromatic N) is 2. The minimum absolute atomic E-state index is 0.0668. The summed E-state index contributed by atoms with van der Waals surface area (Å²) in [7, 11) is 0. The predicted octanol–water partition coefficient (Wildman–Crippen LogP) is 2.85. The Morgan fingerprint density at radius 2 is 2.30 bits per heavy atom. The Balaban J connectivity index is 1.80. The minimum Gasteiger partial charge on any atom is -0.397 e. The number of aryl methyl sites for hydroxylation is 2. The van der Waals surface area contributed by atoms with Crippen molar-refractivity contribution < 1.29 is 4.79 Å². The molecule has 0 spiro atoms. The Morgan fingerprint density at radius 1 is 1.50 bits per heavy atom. The van der Waals surface area contributed by atoms with Gasteiger partial charge in [-0.15, -0.1) is 0 Å². The Bertz CT molecular complexity index is 609. The molecule has 2 aromatic rings. The summed E-state index contributed by atoms with van der Waals surface area (Å²) in [4.78, 5) is 11.8. The minimum atomic E-state index is -0.0668. The lowest BCUT2D eigenvalue weighted by Gasteiger charge is -2.08. The van der Waals surface area contributed by atoms with E-state index >= 15 is 0 Å². The maximum absolute atomic E-state index is 11.8. The van der Waals surface area contributed by atoms with Crippen molar-refractivity contribution in [2.45, 2.75) is 26.3 Å². The smallest absolute Gasteiger partial charge is 0.224 e. The highest BCUT2D eigenvalue weighted by atomic mass is 35.5. The molecular weight excluding hydrogens is 276 g/mol. The van der Waals surface area contributed by atoms with Crippen LogP contribution in [-0.2, 0) is 11.3 Å². The van der Waals surface area contributed by atoms with Gasteiger partial charge in [0.1, 0.15) is 0 Å². The summed E-state index contributed by atoms with van der Waals surface area (Å²) in [5.41, 5.74) is 7.95. The molecule has 2 rings (SSSR count). The predicted molar refractivity (Wildman–Crippen MR) is 80.7 cm³/mol. The Kier molecular flexibility index (Phi) is 4.63. The highest BCUT2D eigenvalue weighted by Gasteiger charge is 2.06. The summed E-state index contributed by atoms with van der Waals surface area (Å²) in [6, 6.07) is 5.01. The molecule has 5 nitrogen and oxygen atoms in total. The fourth-order valence-electron chi connectivity index (χ4n) is 1.85. The van der Waals surface area contributed by atoms with Crippen LogP contribution in [0.3, 0.4) is 0 Å². The summed E-state index contributed by atoms with van der Waals surface area (Å²) < 4.78 is 1.83. The Hall–Kier alpha value is -2.01. The molecule has 0 unspecified atom stereocenters. The van der Waals surface area contributed by atoms with Gasteiger partial charge in [-0.1, -0.05) is 11.6 Å². The number of carbonyl (C=O) groups is 1. The average Bonchev–Trinajstić information content (AvgIpc) is 2.79. The van der Waals surface area contributed by atoms with Gasteiger partial charge in [0.2, 0.25) is 5.91 Å². The topological polar surface area (TPSA) is 72.9 Å². The van der Waals surface area contributed by atoms with Gasteiger partial charge in [-0.3, -0.25) is 9.48 Å². The summed E-state index contributed by atoms with van der Waals surface area (Å²) in [6.07, 6.45) is 4.89. The van der Waals surface area contributed by atoms with E-state index in [0.717, 1.165) is 18.5 Å². The van der Waals surface area contributed by atoms with Crippen LogP contribution in [0.5, 0.6) is 0 Å². The highest BCUT2D eigenvalue weighted by molar-refractivity contribution is 6.31. The average molecular weight is 293 g/mol. The number of carbonyl (C=O) groups excluding carboxylic acids is 1. The van der Waals surface area contributed by atoms with E-state index in [2.05, 4.69) is 10.4 Å². The Labute approximate surface area is 122 Å². The number of nitrogens with one attached hydrogen (secondary N) is 1. The number of hydrogen-bond donors (Lipinski definition) is 2. The lowest BCUT2D eigenvalue weighted by atomic mass is 10.2. The summed E-state index contributed by atoms with van der Waals surface area (Å²) in [5, 5.41) is 7.50.